The third-order valence-corrected chi connectivity index (χ3v) is 1.61. The van der Waals surface area contributed by atoms with Gasteiger partial charge >= 0.3 is 0 Å². The van der Waals surface area contributed by atoms with E-state index in [0.29, 0.717) is 13.1 Å². The Morgan fingerprint density at radius 3 is 3.00 bits per heavy atom. The van der Waals surface area contributed by atoms with E-state index in [1.54, 1.807) is 12.3 Å². The molecule has 0 saturated heterocycles. The van der Waals surface area contributed by atoms with E-state index in [1.807, 2.05) is 0 Å². The largest absolute Gasteiger partial charge is 0.330 e. The summed E-state index contributed by atoms with van der Waals surface area (Å²) < 4.78 is 1.45. The Kier molecular flexibility index (Phi) is 3.47. The van der Waals surface area contributed by atoms with E-state index >= 15 is 0 Å². The Labute approximate surface area is 71.0 Å². The van der Waals surface area contributed by atoms with E-state index in [-0.39, 0.29) is 5.56 Å². The van der Waals surface area contributed by atoms with Gasteiger partial charge < -0.3 is 5.73 Å². The maximum Gasteiger partial charge on any atom is 0.266 e. The van der Waals surface area contributed by atoms with Gasteiger partial charge in [-0.25, -0.2) is 4.68 Å². The molecule has 4 heteroatoms. The average molecular weight is 167 g/mol. The van der Waals surface area contributed by atoms with Crippen molar-refractivity contribution in [1.82, 2.24) is 9.78 Å². The van der Waals surface area contributed by atoms with Crippen LogP contribution in [0.1, 0.15) is 12.8 Å². The first-order valence-electron chi connectivity index (χ1n) is 4.07. The van der Waals surface area contributed by atoms with E-state index < -0.39 is 0 Å². The third kappa shape index (κ3) is 2.47. The highest BCUT2D eigenvalue weighted by atomic mass is 16.1. The first-order valence-corrected chi connectivity index (χ1v) is 4.07. The van der Waals surface area contributed by atoms with Crippen LogP contribution in [0.25, 0.3) is 0 Å². The van der Waals surface area contributed by atoms with Crippen LogP contribution in [0, 0.1) is 0 Å². The Morgan fingerprint density at radius 1 is 1.50 bits per heavy atom. The monoisotopic (exact) mass is 167 g/mol. The molecule has 1 aromatic rings. The number of nitrogens with two attached hydrogens (primary N) is 1. The Bertz CT molecular complexity index is 282. The first-order chi connectivity index (χ1) is 5.84. The molecule has 0 aromatic carbocycles. The molecule has 2 N–H and O–H groups in total. The minimum atomic E-state index is -0.0467. The predicted octanol–water partition coefficient (Wildman–Crippen LogP) is -0.0178. The summed E-state index contributed by atoms with van der Waals surface area (Å²) in [5.41, 5.74) is 5.28. The molecule has 0 saturated carbocycles. The van der Waals surface area contributed by atoms with E-state index in [2.05, 4.69) is 5.10 Å². The normalized spacial score (nSPS) is 10.1. The van der Waals surface area contributed by atoms with Crippen molar-refractivity contribution in [1.29, 1.82) is 0 Å². The van der Waals surface area contributed by atoms with Crippen LogP contribution in [0.2, 0.25) is 0 Å². The van der Waals surface area contributed by atoms with Crippen molar-refractivity contribution in [3.05, 3.63) is 28.7 Å². The fraction of sp³-hybridized carbons (Fsp3) is 0.500. The van der Waals surface area contributed by atoms with Crippen molar-refractivity contribution in [3.8, 4) is 0 Å². The molecule has 12 heavy (non-hydrogen) atoms. The highest BCUT2D eigenvalue weighted by Crippen LogP contribution is 1.87. The maximum absolute atomic E-state index is 11.1. The van der Waals surface area contributed by atoms with Crippen LogP contribution in [-0.4, -0.2) is 16.3 Å². The molecule has 0 aliphatic heterocycles. The minimum Gasteiger partial charge on any atom is -0.330 e. The molecule has 1 aromatic heterocycles. The third-order valence-electron chi connectivity index (χ3n) is 1.61. The van der Waals surface area contributed by atoms with Gasteiger partial charge in [0.15, 0.2) is 0 Å². The van der Waals surface area contributed by atoms with E-state index in [1.165, 1.54) is 10.7 Å². The van der Waals surface area contributed by atoms with Gasteiger partial charge in [-0.05, 0) is 25.5 Å². The van der Waals surface area contributed by atoms with Gasteiger partial charge in [-0.3, -0.25) is 4.79 Å². The number of hydrogen-bond acceptors (Lipinski definition) is 3. The smallest absolute Gasteiger partial charge is 0.266 e. The number of unbranched alkanes of at least 4 members (excludes halogenated alkanes) is 1. The van der Waals surface area contributed by atoms with Gasteiger partial charge in [-0.2, -0.15) is 5.10 Å². The molecular formula is C8H13N3O. The topological polar surface area (TPSA) is 60.9 Å². The van der Waals surface area contributed by atoms with E-state index in [9.17, 15) is 4.79 Å². The second kappa shape index (κ2) is 4.66. The predicted molar refractivity (Wildman–Crippen MR) is 46.8 cm³/mol. The lowest BCUT2D eigenvalue weighted by atomic mass is 10.3. The number of nitrogens with zero attached hydrogens (tertiary/aromatic N) is 2. The van der Waals surface area contributed by atoms with Crippen LogP contribution in [0.5, 0.6) is 0 Å². The Hall–Kier alpha value is -1.16. The molecule has 0 unspecified atom stereocenters. The van der Waals surface area contributed by atoms with Gasteiger partial charge in [0.1, 0.15) is 0 Å². The molecule has 4 nitrogen and oxygen atoms in total. The zero-order valence-electron chi connectivity index (χ0n) is 6.94. The van der Waals surface area contributed by atoms with Crippen molar-refractivity contribution < 1.29 is 0 Å². The van der Waals surface area contributed by atoms with Crippen molar-refractivity contribution in [3.63, 3.8) is 0 Å². The number of rotatable bonds is 4. The first kappa shape index (κ1) is 8.93. The molecular weight excluding hydrogens is 154 g/mol. The van der Waals surface area contributed by atoms with E-state index in [0.717, 1.165) is 12.8 Å². The lowest BCUT2D eigenvalue weighted by Gasteiger charge is -2.01. The molecule has 1 rings (SSSR count). The fourth-order valence-electron chi connectivity index (χ4n) is 0.961. The number of aryl methyl sites for hydroxylation is 1. The van der Waals surface area contributed by atoms with Crippen LogP contribution in [0.3, 0.4) is 0 Å². The molecule has 0 bridgehead atoms. The second-order valence-electron chi connectivity index (χ2n) is 2.58. The molecule has 0 radical (unpaired) electrons. The highest BCUT2D eigenvalue weighted by Gasteiger charge is 1.93. The van der Waals surface area contributed by atoms with Crippen molar-refractivity contribution in [2.75, 3.05) is 6.54 Å². The zero-order chi connectivity index (χ0) is 8.81. The summed E-state index contributed by atoms with van der Waals surface area (Å²) in [6.07, 6.45) is 3.46. The standard InChI is InChI=1S/C8H13N3O/c9-5-1-2-7-11-8(12)4-3-6-10-11/h3-4,6H,1-2,5,7,9H2. The lowest BCUT2D eigenvalue weighted by Crippen LogP contribution is -2.21. The summed E-state index contributed by atoms with van der Waals surface area (Å²) >= 11 is 0. The van der Waals surface area contributed by atoms with Gasteiger partial charge in [-0.15, -0.1) is 0 Å². The molecule has 0 aliphatic carbocycles. The Morgan fingerprint density at radius 2 is 2.33 bits per heavy atom. The van der Waals surface area contributed by atoms with Gasteiger partial charge in [0.2, 0.25) is 0 Å². The molecule has 0 amide bonds. The molecule has 1 heterocycles. The number of aromatic nitrogens is 2. The van der Waals surface area contributed by atoms with Crippen molar-refractivity contribution >= 4 is 0 Å². The summed E-state index contributed by atoms with van der Waals surface area (Å²) in [6, 6.07) is 3.15. The lowest BCUT2D eigenvalue weighted by molar-refractivity contribution is 0.535. The SMILES string of the molecule is NCCCCn1ncccc1=O. The van der Waals surface area contributed by atoms with Crippen LogP contribution >= 0.6 is 0 Å². The van der Waals surface area contributed by atoms with Gasteiger partial charge in [0.25, 0.3) is 5.56 Å². The van der Waals surface area contributed by atoms with Crippen molar-refractivity contribution in [2.45, 2.75) is 19.4 Å². The van der Waals surface area contributed by atoms with E-state index in [4.69, 9.17) is 5.73 Å². The maximum atomic E-state index is 11.1. The summed E-state index contributed by atoms with van der Waals surface area (Å²) in [4.78, 5) is 11.1. The Balaban J connectivity index is 2.52. The molecule has 0 aliphatic rings. The van der Waals surface area contributed by atoms with Crippen LogP contribution in [0.4, 0.5) is 0 Å². The zero-order valence-corrected chi connectivity index (χ0v) is 6.94. The minimum absolute atomic E-state index is 0.0467. The number of hydrogen-bond donors (Lipinski definition) is 1. The summed E-state index contributed by atoms with van der Waals surface area (Å²) in [6.45, 7) is 1.33. The van der Waals surface area contributed by atoms with Gasteiger partial charge in [-0.1, -0.05) is 0 Å². The van der Waals surface area contributed by atoms with Crippen LogP contribution in [0.15, 0.2) is 23.1 Å². The highest BCUT2D eigenvalue weighted by molar-refractivity contribution is 4.84. The second-order valence-corrected chi connectivity index (χ2v) is 2.58. The van der Waals surface area contributed by atoms with Gasteiger partial charge in [0, 0.05) is 18.8 Å². The van der Waals surface area contributed by atoms with Crippen LogP contribution in [-0.2, 0) is 6.54 Å². The fourth-order valence-corrected chi connectivity index (χ4v) is 0.961. The van der Waals surface area contributed by atoms with Crippen molar-refractivity contribution in [2.24, 2.45) is 5.73 Å². The molecule has 0 spiro atoms. The molecule has 0 atom stereocenters. The van der Waals surface area contributed by atoms with Gasteiger partial charge in [0.05, 0.1) is 0 Å². The molecule has 0 fully saturated rings. The summed E-state index contributed by atoms with van der Waals surface area (Å²) in [5.74, 6) is 0. The average Bonchev–Trinajstić information content (AvgIpc) is 2.09. The summed E-state index contributed by atoms with van der Waals surface area (Å²) in [7, 11) is 0. The van der Waals surface area contributed by atoms with Crippen LogP contribution < -0.4 is 11.3 Å². The quantitative estimate of drug-likeness (QED) is 0.641. The summed E-state index contributed by atoms with van der Waals surface area (Å²) in [5, 5.41) is 3.91. The molecule has 66 valence electrons.